The van der Waals surface area contributed by atoms with E-state index < -0.39 is 0 Å². The molecule has 6 heteroatoms. The first-order chi connectivity index (χ1) is 12.3. The molecule has 2 aliphatic rings. The summed E-state index contributed by atoms with van der Waals surface area (Å²) in [6.45, 7) is 0.414. The van der Waals surface area contributed by atoms with Gasteiger partial charge in [-0.15, -0.1) is 10.2 Å². The van der Waals surface area contributed by atoms with E-state index in [1.165, 1.54) is 44.9 Å². The Morgan fingerprint density at radius 2 is 1.88 bits per heavy atom. The summed E-state index contributed by atoms with van der Waals surface area (Å²) in [6.07, 6.45) is 9.35. The van der Waals surface area contributed by atoms with Gasteiger partial charge in [-0.1, -0.05) is 54.8 Å². The monoisotopic (exact) mass is 377 g/mol. The Morgan fingerprint density at radius 1 is 1.08 bits per heavy atom. The fraction of sp³-hybridized carbons (Fsp3) is 0.579. The lowest BCUT2D eigenvalue weighted by Crippen LogP contribution is -2.10. The maximum Gasteiger partial charge on any atom is 0.191 e. The molecule has 2 saturated carbocycles. The fourth-order valence-corrected chi connectivity index (χ4v) is 4.85. The molecule has 2 aromatic rings. The minimum Gasteiger partial charge on any atom is -0.484 e. The van der Waals surface area contributed by atoms with Gasteiger partial charge in [-0.2, -0.15) is 0 Å². The second-order valence-electron chi connectivity index (χ2n) is 7.03. The first-order valence-electron chi connectivity index (χ1n) is 9.25. The molecular weight excluding hydrogens is 354 g/mol. The standard InChI is InChI=1S/C19H24ClN3OS/c20-16-8-4-5-9-17(16)24-12-18-21-22-19(23(18)15-10-11-15)25-13-14-6-2-1-3-7-14/h4-5,8-9,14-15H,1-3,6-7,10-13H2. The van der Waals surface area contributed by atoms with E-state index in [1.54, 1.807) is 0 Å². The van der Waals surface area contributed by atoms with Crippen LogP contribution in [0.5, 0.6) is 5.75 Å². The molecule has 0 amide bonds. The third-order valence-electron chi connectivity index (χ3n) is 5.01. The average Bonchev–Trinajstić information content (AvgIpc) is 3.40. The molecule has 2 fully saturated rings. The van der Waals surface area contributed by atoms with Crippen molar-refractivity contribution in [3.8, 4) is 5.75 Å². The zero-order valence-electron chi connectivity index (χ0n) is 14.4. The van der Waals surface area contributed by atoms with Gasteiger partial charge in [-0.05, 0) is 43.7 Å². The van der Waals surface area contributed by atoms with Gasteiger partial charge >= 0.3 is 0 Å². The number of rotatable bonds is 7. The molecule has 134 valence electrons. The maximum absolute atomic E-state index is 6.17. The van der Waals surface area contributed by atoms with Crippen LogP contribution in [0.3, 0.4) is 0 Å². The summed E-state index contributed by atoms with van der Waals surface area (Å²) >= 11 is 8.05. The quantitative estimate of drug-likeness (QED) is 0.596. The van der Waals surface area contributed by atoms with Gasteiger partial charge in [0.15, 0.2) is 11.0 Å². The highest BCUT2D eigenvalue weighted by Crippen LogP contribution is 2.40. The molecule has 0 N–H and O–H groups in total. The first kappa shape index (κ1) is 17.2. The average molecular weight is 378 g/mol. The van der Waals surface area contributed by atoms with Crippen molar-refractivity contribution in [2.24, 2.45) is 5.92 Å². The predicted molar refractivity (Wildman–Crippen MR) is 101 cm³/mol. The predicted octanol–water partition coefficient (Wildman–Crippen LogP) is 5.52. The van der Waals surface area contributed by atoms with Gasteiger partial charge in [0.1, 0.15) is 12.4 Å². The molecule has 0 atom stereocenters. The first-order valence-corrected chi connectivity index (χ1v) is 10.6. The molecule has 1 heterocycles. The van der Waals surface area contributed by atoms with Crippen molar-refractivity contribution in [1.29, 1.82) is 0 Å². The minimum absolute atomic E-state index is 0.414. The highest BCUT2D eigenvalue weighted by atomic mass is 35.5. The molecule has 0 unspecified atom stereocenters. The lowest BCUT2D eigenvalue weighted by atomic mass is 9.91. The van der Waals surface area contributed by atoms with Crippen LogP contribution in [-0.2, 0) is 6.61 Å². The van der Waals surface area contributed by atoms with Crippen molar-refractivity contribution >= 4 is 23.4 Å². The van der Waals surface area contributed by atoms with Crippen molar-refractivity contribution in [2.75, 3.05) is 5.75 Å². The maximum atomic E-state index is 6.17. The number of para-hydroxylation sites is 1. The van der Waals surface area contributed by atoms with Gasteiger partial charge in [-0.25, -0.2) is 0 Å². The second kappa shape index (κ2) is 8.00. The van der Waals surface area contributed by atoms with Crippen LogP contribution < -0.4 is 4.74 Å². The molecule has 2 aliphatic carbocycles. The van der Waals surface area contributed by atoms with Gasteiger partial charge < -0.3 is 9.30 Å². The summed E-state index contributed by atoms with van der Waals surface area (Å²) < 4.78 is 8.18. The Morgan fingerprint density at radius 3 is 2.64 bits per heavy atom. The van der Waals surface area contributed by atoms with Crippen LogP contribution >= 0.6 is 23.4 Å². The molecule has 0 radical (unpaired) electrons. The number of halogens is 1. The van der Waals surface area contributed by atoms with E-state index in [2.05, 4.69) is 14.8 Å². The van der Waals surface area contributed by atoms with Crippen molar-refractivity contribution in [1.82, 2.24) is 14.8 Å². The number of benzene rings is 1. The lowest BCUT2D eigenvalue weighted by molar-refractivity contribution is 0.288. The van der Waals surface area contributed by atoms with Crippen LogP contribution in [0.2, 0.25) is 5.02 Å². The zero-order chi connectivity index (χ0) is 17.1. The Balaban J connectivity index is 1.42. The number of aromatic nitrogens is 3. The summed E-state index contributed by atoms with van der Waals surface area (Å²) in [5.74, 6) is 3.61. The third-order valence-corrected chi connectivity index (χ3v) is 6.50. The van der Waals surface area contributed by atoms with E-state index in [0.29, 0.717) is 23.4 Å². The zero-order valence-corrected chi connectivity index (χ0v) is 15.9. The van der Waals surface area contributed by atoms with Crippen molar-refractivity contribution in [2.45, 2.75) is 62.8 Å². The van der Waals surface area contributed by atoms with Crippen molar-refractivity contribution in [3.63, 3.8) is 0 Å². The normalized spacial score (nSPS) is 18.4. The van der Waals surface area contributed by atoms with Crippen LogP contribution in [0.15, 0.2) is 29.4 Å². The second-order valence-corrected chi connectivity index (χ2v) is 8.43. The van der Waals surface area contributed by atoms with Crippen LogP contribution in [0.25, 0.3) is 0 Å². The largest absolute Gasteiger partial charge is 0.484 e. The van der Waals surface area contributed by atoms with Crippen LogP contribution in [0, 0.1) is 5.92 Å². The van der Waals surface area contributed by atoms with E-state index in [0.717, 1.165) is 22.7 Å². The molecule has 0 aliphatic heterocycles. The van der Waals surface area contributed by atoms with Crippen LogP contribution in [0.1, 0.15) is 56.8 Å². The summed E-state index contributed by atoms with van der Waals surface area (Å²) in [6, 6.07) is 8.11. The molecule has 0 bridgehead atoms. The Labute approximate surface area is 158 Å². The Bertz CT molecular complexity index is 710. The number of hydrogen-bond donors (Lipinski definition) is 0. The van der Waals surface area contributed by atoms with E-state index in [4.69, 9.17) is 16.3 Å². The molecule has 0 saturated heterocycles. The Hall–Kier alpha value is -1.20. The molecular formula is C19H24ClN3OS. The van der Waals surface area contributed by atoms with E-state index in [-0.39, 0.29) is 0 Å². The van der Waals surface area contributed by atoms with Gasteiger partial charge in [0.05, 0.1) is 5.02 Å². The van der Waals surface area contributed by atoms with E-state index >= 15 is 0 Å². The smallest absolute Gasteiger partial charge is 0.191 e. The number of ether oxygens (including phenoxy) is 1. The van der Waals surface area contributed by atoms with Gasteiger partial charge in [0, 0.05) is 11.8 Å². The van der Waals surface area contributed by atoms with Crippen LogP contribution in [0.4, 0.5) is 0 Å². The highest BCUT2D eigenvalue weighted by molar-refractivity contribution is 7.99. The lowest BCUT2D eigenvalue weighted by Gasteiger charge is -2.20. The van der Waals surface area contributed by atoms with Gasteiger partial charge in [-0.3, -0.25) is 0 Å². The molecule has 1 aromatic carbocycles. The summed E-state index contributed by atoms with van der Waals surface area (Å²) in [4.78, 5) is 0. The van der Waals surface area contributed by atoms with E-state index in [9.17, 15) is 0 Å². The van der Waals surface area contributed by atoms with E-state index in [1.807, 2.05) is 36.0 Å². The van der Waals surface area contributed by atoms with Gasteiger partial charge in [0.2, 0.25) is 0 Å². The summed E-state index contributed by atoms with van der Waals surface area (Å²) in [7, 11) is 0. The highest BCUT2D eigenvalue weighted by Gasteiger charge is 2.30. The minimum atomic E-state index is 0.414. The van der Waals surface area contributed by atoms with Crippen LogP contribution in [-0.4, -0.2) is 20.5 Å². The SMILES string of the molecule is Clc1ccccc1OCc1nnc(SCC2CCCCC2)n1C1CC1. The van der Waals surface area contributed by atoms with Gasteiger partial charge in [0.25, 0.3) is 0 Å². The molecule has 1 aromatic heterocycles. The fourth-order valence-electron chi connectivity index (χ4n) is 3.45. The van der Waals surface area contributed by atoms with Crippen molar-refractivity contribution in [3.05, 3.63) is 35.1 Å². The number of thioether (sulfide) groups is 1. The Kier molecular flexibility index (Phi) is 5.51. The molecule has 0 spiro atoms. The topological polar surface area (TPSA) is 39.9 Å². The number of hydrogen-bond acceptors (Lipinski definition) is 4. The molecule has 4 nitrogen and oxygen atoms in total. The summed E-state index contributed by atoms with van der Waals surface area (Å²) in [5.41, 5.74) is 0. The van der Waals surface area contributed by atoms with Crippen molar-refractivity contribution < 1.29 is 4.74 Å². The molecule has 4 rings (SSSR count). The number of nitrogens with zero attached hydrogens (tertiary/aromatic N) is 3. The third kappa shape index (κ3) is 4.32. The summed E-state index contributed by atoms with van der Waals surface area (Å²) in [5, 5.41) is 10.6. The molecule has 25 heavy (non-hydrogen) atoms.